The number of sulfonamides is 1. The fourth-order valence-corrected chi connectivity index (χ4v) is 7.01. The summed E-state index contributed by atoms with van der Waals surface area (Å²) in [6.45, 7) is -0.688. The Morgan fingerprint density at radius 2 is 1.35 bits per heavy atom. The molecule has 5 aromatic carbocycles. The van der Waals surface area contributed by atoms with Crippen molar-refractivity contribution in [3.63, 3.8) is 0 Å². The van der Waals surface area contributed by atoms with Crippen LogP contribution in [0.3, 0.4) is 0 Å². The van der Waals surface area contributed by atoms with Crippen LogP contribution in [0, 0.1) is 0 Å². The highest BCUT2D eigenvalue weighted by molar-refractivity contribution is 7.92. The summed E-state index contributed by atoms with van der Waals surface area (Å²) in [7, 11) is -2.76. The molecule has 0 aliphatic rings. The number of rotatable bonds is 13. The molecule has 1 atom stereocenters. The molecule has 0 aromatic heterocycles. The fraction of sp³-hybridized carbons (Fsp3) is 0.135. The third-order valence-corrected chi connectivity index (χ3v) is 9.96. The van der Waals surface area contributed by atoms with Gasteiger partial charge in [0.05, 0.1) is 10.6 Å². The molecule has 0 saturated carbocycles. The molecular weight excluding hydrogens is 669 g/mol. The zero-order valence-corrected chi connectivity index (χ0v) is 28.3. The van der Waals surface area contributed by atoms with E-state index in [0.717, 1.165) is 9.87 Å². The van der Waals surface area contributed by atoms with Gasteiger partial charge in [-0.3, -0.25) is 13.9 Å². The van der Waals surface area contributed by atoms with E-state index in [0.29, 0.717) is 27.1 Å². The monoisotopic (exact) mass is 701 g/mol. The summed E-state index contributed by atoms with van der Waals surface area (Å²) in [5.41, 5.74) is 1.58. The van der Waals surface area contributed by atoms with E-state index < -0.39 is 34.4 Å². The van der Waals surface area contributed by atoms with E-state index in [2.05, 4.69) is 5.32 Å². The molecule has 0 saturated heterocycles. The first kappa shape index (κ1) is 34.5. The Kier molecular flexibility index (Phi) is 11.4. The maximum absolute atomic E-state index is 14.5. The maximum Gasteiger partial charge on any atom is 0.264 e. The number of carbonyl (C=O) groups excluding carboxylic acids is 2. The molecule has 2 amide bonds. The number of carbonyl (C=O) groups is 2. The van der Waals surface area contributed by atoms with Crippen molar-refractivity contribution in [2.24, 2.45) is 0 Å². The molecule has 246 valence electrons. The van der Waals surface area contributed by atoms with Crippen LogP contribution in [0.1, 0.15) is 11.1 Å². The van der Waals surface area contributed by atoms with Crippen molar-refractivity contribution in [2.75, 3.05) is 17.9 Å². The van der Waals surface area contributed by atoms with Gasteiger partial charge in [0, 0.05) is 30.1 Å². The van der Waals surface area contributed by atoms with E-state index in [-0.39, 0.29) is 23.5 Å². The van der Waals surface area contributed by atoms with Crippen LogP contribution in [-0.2, 0) is 32.6 Å². The summed E-state index contributed by atoms with van der Waals surface area (Å²) < 4.78 is 35.3. The number of halogens is 2. The number of hydrogen-bond acceptors (Lipinski definition) is 5. The largest absolute Gasteiger partial charge is 0.457 e. The molecule has 0 bridgehead atoms. The number of ether oxygens (including phenoxy) is 1. The maximum atomic E-state index is 14.5. The lowest BCUT2D eigenvalue weighted by Gasteiger charge is -2.33. The van der Waals surface area contributed by atoms with Crippen LogP contribution in [0.5, 0.6) is 11.5 Å². The topological polar surface area (TPSA) is 96.0 Å². The normalized spacial score (nSPS) is 11.7. The molecule has 48 heavy (non-hydrogen) atoms. The quantitative estimate of drug-likeness (QED) is 0.138. The molecule has 0 aliphatic carbocycles. The van der Waals surface area contributed by atoms with Crippen LogP contribution in [0.25, 0.3) is 0 Å². The number of para-hydroxylation sites is 1. The standard InChI is InChI=1S/C37H33Cl2N3O5S/c1-40-37(44)35(23-27-11-5-2-6-12-27)41(25-28-17-18-29(38)24-34(28)39)36(43)26-42(48(45,46)33-15-9-4-10-16-33)30-19-21-32(22-20-30)47-31-13-7-3-8-14-31/h2-22,24,35H,23,25-26H2,1H3,(H,40,44). The average molecular weight is 703 g/mol. The third kappa shape index (κ3) is 8.55. The van der Waals surface area contributed by atoms with Gasteiger partial charge in [-0.25, -0.2) is 8.42 Å². The summed E-state index contributed by atoms with van der Waals surface area (Å²) in [6, 6.07) is 36.6. The van der Waals surface area contributed by atoms with Gasteiger partial charge in [-0.2, -0.15) is 0 Å². The second-order valence-electron chi connectivity index (χ2n) is 10.8. The van der Waals surface area contributed by atoms with Crippen LogP contribution in [0.4, 0.5) is 5.69 Å². The molecule has 1 N–H and O–H groups in total. The van der Waals surface area contributed by atoms with Crippen molar-refractivity contribution < 1.29 is 22.7 Å². The average Bonchev–Trinajstić information content (AvgIpc) is 3.10. The molecule has 11 heteroatoms. The van der Waals surface area contributed by atoms with E-state index in [1.165, 1.54) is 24.1 Å². The Bertz CT molecular complexity index is 1950. The predicted molar refractivity (Wildman–Crippen MR) is 189 cm³/mol. The third-order valence-electron chi connectivity index (χ3n) is 7.59. The summed E-state index contributed by atoms with van der Waals surface area (Å²) in [5, 5.41) is 3.38. The number of amides is 2. The molecule has 8 nitrogen and oxygen atoms in total. The van der Waals surface area contributed by atoms with Gasteiger partial charge in [0.2, 0.25) is 11.8 Å². The highest BCUT2D eigenvalue weighted by Crippen LogP contribution is 2.29. The summed E-state index contributed by atoms with van der Waals surface area (Å²) in [6.07, 6.45) is 0.175. The minimum Gasteiger partial charge on any atom is -0.457 e. The number of hydrogen-bond donors (Lipinski definition) is 1. The number of nitrogens with zero attached hydrogens (tertiary/aromatic N) is 2. The Labute approximate surface area is 290 Å². The molecule has 5 rings (SSSR count). The van der Waals surface area contributed by atoms with Gasteiger partial charge in [0.15, 0.2) is 0 Å². The second kappa shape index (κ2) is 15.8. The van der Waals surface area contributed by atoms with Crippen molar-refractivity contribution in [1.82, 2.24) is 10.2 Å². The zero-order valence-electron chi connectivity index (χ0n) is 26.0. The smallest absolute Gasteiger partial charge is 0.264 e. The fourth-order valence-electron chi connectivity index (χ4n) is 5.11. The molecule has 1 unspecified atom stereocenters. The van der Waals surface area contributed by atoms with Gasteiger partial charge in [-0.05, 0) is 71.8 Å². The molecular formula is C37H33Cl2N3O5S. The lowest BCUT2D eigenvalue weighted by atomic mass is 10.0. The minimum atomic E-state index is -4.25. The van der Waals surface area contributed by atoms with Gasteiger partial charge in [0.25, 0.3) is 10.0 Å². The highest BCUT2D eigenvalue weighted by Gasteiger charge is 2.34. The SMILES string of the molecule is CNC(=O)C(Cc1ccccc1)N(Cc1ccc(Cl)cc1Cl)C(=O)CN(c1ccc(Oc2ccccc2)cc1)S(=O)(=O)c1ccccc1. The van der Waals surface area contributed by atoms with Crippen LogP contribution >= 0.6 is 23.2 Å². The first-order valence-corrected chi connectivity index (χ1v) is 17.2. The van der Waals surface area contributed by atoms with E-state index in [1.807, 2.05) is 48.5 Å². The van der Waals surface area contributed by atoms with E-state index in [4.69, 9.17) is 27.9 Å². The van der Waals surface area contributed by atoms with Crippen LogP contribution in [0.2, 0.25) is 10.0 Å². The number of likely N-dealkylation sites (N-methyl/N-ethyl adjacent to an activating group) is 1. The van der Waals surface area contributed by atoms with Gasteiger partial charge >= 0.3 is 0 Å². The molecule has 0 aliphatic heterocycles. The Morgan fingerprint density at radius 1 is 0.771 bits per heavy atom. The van der Waals surface area contributed by atoms with Crippen LogP contribution < -0.4 is 14.4 Å². The van der Waals surface area contributed by atoms with Crippen LogP contribution in [-0.4, -0.2) is 44.8 Å². The molecule has 0 heterocycles. The lowest BCUT2D eigenvalue weighted by Crippen LogP contribution is -2.53. The lowest BCUT2D eigenvalue weighted by molar-refractivity contribution is -0.139. The van der Waals surface area contributed by atoms with Gasteiger partial charge < -0.3 is 15.0 Å². The van der Waals surface area contributed by atoms with Crippen molar-refractivity contribution in [2.45, 2.75) is 23.9 Å². The van der Waals surface area contributed by atoms with Crippen LogP contribution in [0.15, 0.2) is 138 Å². The summed E-state index contributed by atoms with van der Waals surface area (Å²) in [5.74, 6) is 0.0612. The molecule has 0 radical (unpaired) electrons. The molecule has 0 fully saturated rings. The van der Waals surface area contributed by atoms with Gasteiger partial charge in [-0.15, -0.1) is 0 Å². The Hall–Kier alpha value is -4.83. The predicted octanol–water partition coefficient (Wildman–Crippen LogP) is 7.37. The number of benzene rings is 5. The van der Waals surface area contributed by atoms with Gasteiger partial charge in [0.1, 0.15) is 24.1 Å². The Morgan fingerprint density at radius 3 is 1.96 bits per heavy atom. The minimum absolute atomic E-state index is 0.00171. The summed E-state index contributed by atoms with van der Waals surface area (Å²) >= 11 is 12.7. The first-order chi connectivity index (χ1) is 23.2. The van der Waals surface area contributed by atoms with E-state index in [1.54, 1.807) is 72.8 Å². The van der Waals surface area contributed by atoms with Crippen molar-refractivity contribution in [1.29, 1.82) is 0 Å². The molecule has 5 aromatic rings. The number of anilines is 1. The highest BCUT2D eigenvalue weighted by atomic mass is 35.5. The van der Waals surface area contributed by atoms with E-state index in [9.17, 15) is 18.0 Å². The summed E-state index contributed by atoms with van der Waals surface area (Å²) in [4.78, 5) is 29.3. The van der Waals surface area contributed by atoms with Crippen molar-refractivity contribution >= 4 is 50.7 Å². The Balaban J connectivity index is 1.55. The second-order valence-corrected chi connectivity index (χ2v) is 13.5. The molecule has 0 spiro atoms. The van der Waals surface area contributed by atoms with Crippen molar-refractivity contribution in [3.8, 4) is 11.5 Å². The zero-order chi connectivity index (χ0) is 34.1. The number of nitrogens with one attached hydrogen (secondary N) is 1. The first-order valence-electron chi connectivity index (χ1n) is 15.1. The van der Waals surface area contributed by atoms with E-state index >= 15 is 0 Å². The van der Waals surface area contributed by atoms with Gasteiger partial charge in [-0.1, -0.05) is 96.0 Å². The van der Waals surface area contributed by atoms with Crippen molar-refractivity contribution in [3.05, 3.63) is 155 Å².